The summed E-state index contributed by atoms with van der Waals surface area (Å²) < 4.78 is 12.9. The Labute approximate surface area is 246 Å². The van der Waals surface area contributed by atoms with E-state index in [4.69, 9.17) is 9.47 Å². The van der Waals surface area contributed by atoms with Gasteiger partial charge in [0.2, 0.25) is 11.8 Å². The fourth-order valence-corrected chi connectivity index (χ4v) is 8.21. The largest absolute Gasteiger partial charge is 0.497 e. The molecular weight excluding hydrogens is 514 g/mol. The van der Waals surface area contributed by atoms with Gasteiger partial charge in [-0.05, 0) is 106 Å². The number of nitrogens with zero attached hydrogens (tertiary/aromatic N) is 3. The van der Waals surface area contributed by atoms with Gasteiger partial charge in [0.15, 0.2) is 0 Å². The summed E-state index contributed by atoms with van der Waals surface area (Å²) in [6.45, 7) is 6.76. The lowest BCUT2D eigenvalue weighted by Gasteiger charge is -2.56. The van der Waals surface area contributed by atoms with Crippen molar-refractivity contribution in [3.63, 3.8) is 0 Å². The van der Waals surface area contributed by atoms with Crippen LogP contribution in [0.15, 0.2) is 42.6 Å². The van der Waals surface area contributed by atoms with E-state index in [-0.39, 0.29) is 29.8 Å². The van der Waals surface area contributed by atoms with E-state index < -0.39 is 0 Å². The van der Waals surface area contributed by atoms with Crippen molar-refractivity contribution in [1.82, 2.24) is 14.4 Å². The highest BCUT2D eigenvalue weighted by Gasteiger charge is 2.55. The van der Waals surface area contributed by atoms with Crippen molar-refractivity contribution in [2.75, 3.05) is 33.9 Å². The van der Waals surface area contributed by atoms with Crippen LogP contribution >= 0.6 is 0 Å². The van der Waals surface area contributed by atoms with Gasteiger partial charge in [-0.25, -0.2) is 0 Å². The molecule has 0 aliphatic heterocycles. The molecule has 0 N–H and O–H groups in total. The van der Waals surface area contributed by atoms with Crippen molar-refractivity contribution in [3.8, 4) is 5.75 Å². The second kappa shape index (κ2) is 13.0. The Hall–Kier alpha value is -2.80. The van der Waals surface area contributed by atoms with Crippen molar-refractivity contribution in [2.45, 2.75) is 84.3 Å². The fraction of sp³-hybridized carbons (Fsp3) is 0.647. The first-order valence-corrected chi connectivity index (χ1v) is 15.7. The molecule has 4 aliphatic carbocycles. The smallest absolute Gasteiger partial charge is 0.242 e. The van der Waals surface area contributed by atoms with Crippen molar-refractivity contribution in [2.24, 2.45) is 23.2 Å². The summed E-state index contributed by atoms with van der Waals surface area (Å²) in [5.41, 5.74) is 1.97. The zero-order chi connectivity index (χ0) is 29.0. The monoisotopic (exact) mass is 563 g/mol. The average molecular weight is 564 g/mol. The Balaban J connectivity index is 1.32. The van der Waals surface area contributed by atoms with Crippen LogP contribution in [-0.4, -0.2) is 66.1 Å². The van der Waals surface area contributed by atoms with Crippen LogP contribution in [0.25, 0.3) is 0 Å². The Morgan fingerprint density at radius 3 is 2.39 bits per heavy atom. The number of amides is 2. The van der Waals surface area contributed by atoms with Gasteiger partial charge in [-0.2, -0.15) is 0 Å². The summed E-state index contributed by atoms with van der Waals surface area (Å²) in [5, 5.41) is 0. The zero-order valence-corrected chi connectivity index (χ0v) is 25.5. The van der Waals surface area contributed by atoms with Crippen LogP contribution in [0, 0.1) is 23.2 Å². The van der Waals surface area contributed by atoms with Gasteiger partial charge in [0.25, 0.3) is 0 Å². The maximum absolute atomic E-state index is 14.3. The first-order chi connectivity index (χ1) is 19.8. The third-order valence-corrected chi connectivity index (χ3v) is 10.1. The van der Waals surface area contributed by atoms with E-state index in [1.807, 2.05) is 28.0 Å². The molecule has 1 unspecified atom stereocenters. The molecule has 0 saturated heterocycles. The van der Waals surface area contributed by atoms with Gasteiger partial charge in [-0.15, -0.1) is 0 Å². The van der Waals surface area contributed by atoms with E-state index in [2.05, 4.69) is 42.8 Å². The van der Waals surface area contributed by atoms with E-state index in [1.165, 1.54) is 19.3 Å². The van der Waals surface area contributed by atoms with E-state index in [1.54, 1.807) is 14.2 Å². The first kappa shape index (κ1) is 29.7. The van der Waals surface area contributed by atoms with Crippen LogP contribution in [-0.2, 0) is 27.4 Å². The van der Waals surface area contributed by atoms with Crippen LogP contribution in [0.5, 0.6) is 5.75 Å². The molecule has 4 fully saturated rings. The lowest BCUT2D eigenvalue weighted by Crippen LogP contribution is -2.56. The van der Waals surface area contributed by atoms with Crippen molar-refractivity contribution < 1.29 is 19.1 Å². The molecule has 1 aromatic heterocycles. The van der Waals surface area contributed by atoms with Crippen LogP contribution in [0.4, 0.5) is 0 Å². The zero-order valence-electron chi connectivity index (χ0n) is 25.5. The molecule has 7 heteroatoms. The summed E-state index contributed by atoms with van der Waals surface area (Å²) in [5.74, 6) is 3.17. The van der Waals surface area contributed by atoms with Gasteiger partial charge in [-0.3, -0.25) is 9.59 Å². The molecule has 224 valence electrons. The number of carbonyl (C=O) groups is 2. The van der Waals surface area contributed by atoms with Crippen LogP contribution in [0.1, 0.15) is 76.5 Å². The molecule has 1 aromatic carbocycles. The molecule has 41 heavy (non-hydrogen) atoms. The molecule has 0 spiro atoms. The fourth-order valence-electron chi connectivity index (χ4n) is 8.21. The Morgan fingerprint density at radius 2 is 1.76 bits per heavy atom. The van der Waals surface area contributed by atoms with Crippen molar-refractivity contribution in [1.29, 1.82) is 0 Å². The van der Waals surface area contributed by atoms with Crippen LogP contribution in [0.3, 0.4) is 0 Å². The van der Waals surface area contributed by atoms with Gasteiger partial charge in [0.1, 0.15) is 5.75 Å². The molecule has 1 heterocycles. The van der Waals surface area contributed by atoms with Gasteiger partial charge in [0, 0.05) is 44.7 Å². The van der Waals surface area contributed by atoms with E-state index in [0.717, 1.165) is 49.1 Å². The Bertz CT molecular complexity index is 1150. The summed E-state index contributed by atoms with van der Waals surface area (Å²) >= 11 is 0. The summed E-state index contributed by atoms with van der Waals surface area (Å²) in [6.07, 6.45) is 10.6. The highest BCUT2D eigenvalue weighted by molar-refractivity contribution is 5.88. The van der Waals surface area contributed by atoms with E-state index in [0.29, 0.717) is 44.0 Å². The number of hydrogen-bond donors (Lipinski definition) is 0. The minimum Gasteiger partial charge on any atom is -0.497 e. The molecular formula is C34H49N3O4. The summed E-state index contributed by atoms with van der Waals surface area (Å²) in [7, 11) is 3.38. The molecule has 2 amide bonds. The highest BCUT2D eigenvalue weighted by atomic mass is 16.5. The topological polar surface area (TPSA) is 64.0 Å². The molecule has 2 aromatic rings. The van der Waals surface area contributed by atoms with Crippen molar-refractivity contribution >= 4 is 11.8 Å². The normalized spacial score (nSPS) is 25.2. The lowest BCUT2D eigenvalue weighted by molar-refractivity contribution is -0.160. The molecule has 0 radical (unpaired) electrons. The minimum absolute atomic E-state index is 0.0315. The van der Waals surface area contributed by atoms with Gasteiger partial charge in [-0.1, -0.05) is 19.1 Å². The average Bonchev–Trinajstić information content (AvgIpc) is 3.40. The summed E-state index contributed by atoms with van der Waals surface area (Å²) in [6, 6.07) is 12.3. The quantitative estimate of drug-likeness (QED) is 0.275. The third kappa shape index (κ3) is 6.66. The maximum Gasteiger partial charge on any atom is 0.242 e. The predicted octanol–water partition coefficient (Wildman–Crippen LogP) is 5.75. The van der Waals surface area contributed by atoms with Gasteiger partial charge >= 0.3 is 0 Å². The number of ether oxygens (including phenoxy) is 2. The third-order valence-electron chi connectivity index (χ3n) is 10.1. The van der Waals surface area contributed by atoms with E-state index >= 15 is 0 Å². The first-order valence-electron chi connectivity index (χ1n) is 15.7. The van der Waals surface area contributed by atoms with Gasteiger partial charge < -0.3 is 23.8 Å². The van der Waals surface area contributed by atoms with Crippen molar-refractivity contribution in [3.05, 3.63) is 53.9 Å². The second-order valence-electron chi connectivity index (χ2n) is 13.0. The van der Waals surface area contributed by atoms with E-state index in [9.17, 15) is 9.59 Å². The predicted molar refractivity (Wildman–Crippen MR) is 161 cm³/mol. The lowest BCUT2D eigenvalue weighted by atomic mass is 9.49. The maximum atomic E-state index is 14.3. The summed E-state index contributed by atoms with van der Waals surface area (Å²) in [4.78, 5) is 32.3. The van der Waals surface area contributed by atoms with Crippen LogP contribution < -0.4 is 4.74 Å². The second-order valence-corrected chi connectivity index (χ2v) is 13.0. The minimum atomic E-state index is -0.255. The molecule has 1 atom stereocenters. The number of benzene rings is 1. The SMILES string of the molecule is CCC(C)N(Cc1cccn1Cc1cccc(OC)c1)C(=O)CN(CCCOC)C(=O)C12CC3CC(CC(C3)C1)C2. The number of methoxy groups -OCH3 is 2. The molecule has 7 nitrogen and oxygen atoms in total. The highest BCUT2D eigenvalue weighted by Crippen LogP contribution is 2.60. The molecule has 4 aliphatic rings. The van der Waals surface area contributed by atoms with Gasteiger partial charge in [0.05, 0.1) is 25.6 Å². The van der Waals surface area contributed by atoms with Crippen LogP contribution in [0.2, 0.25) is 0 Å². The molecule has 4 saturated carbocycles. The number of aromatic nitrogens is 1. The number of carbonyl (C=O) groups excluding carboxylic acids is 2. The Morgan fingerprint density at radius 1 is 1.05 bits per heavy atom. The number of rotatable bonds is 14. The standard InChI is InChI=1S/C34H49N3O4/c1-5-25(2)37(23-30-10-7-12-35(30)22-26-9-6-11-31(18-26)41-4)32(38)24-36(13-8-14-40-3)33(39)34-19-27-15-28(20-34)17-29(16-27)21-34/h6-7,9-12,18,25,27-29H,5,8,13-17,19-24H2,1-4H3. The number of hydrogen-bond acceptors (Lipinski definition) is 4. The molecule has 4 bridgehead atoms. The Kier molecular flexibility index (Phi) is 9.42. The molecule has 6 rings (SSSR count).